The Kier molecular flexibility index (Phi) is 3.46. The van der Waals surface area contributed by atoms with Crippen LogP contribution in [-0.2, 0) is 6.54 Å². The van der Waals surface area contributed by atoms with E-state index in [9.17, 15) is 9.50 Å². The van der Waals surface area contributed by atoms with Gasteiger partial charge >= 0.3 is 0 Å². The quantitative estimate of drug-likeness (QED) is 0.768. The highest BCUT2D eigenvalue weighted by atomic mass is 19.1. The standard InChI is InChI=1S/C14H12FN5O/c15-13-3-1-2-10(14(13)21)8-16-11-4-6-12(7-5-11)20-9-17-18-19-20/h1-7,9,16,21H,8H2. The van der Waals surface area contributed by atoms with E-state index in [1.165, 1.54) is 12.4 Å². The van der Waals surface area contributed by atoms with E-state index in [1.807, 2.05) is 24.3 Å². The normalized spacial score (nSPS) is 10.5. The van der Waals surface area contributed by atoms with Crippen molar-refractivity contribution in [1.29, 1.82) is 0 Å². The van der Waals surface area contributed by atoms with E-state index in [1.54, 1.807) is 16.8 Å². The van der Waals surface area contributed by atoms with Gasteiger partial charge in [0.25, 0.3) is 0 Å². The molecule has 0 aliphatic heterocycles. The molecule has 0 aliphatic rings. The number of hydrogen-bond acceptors (Lipinski definition) is 5. The predicted octanol–water partition coefficient (Wildman–Crippen LogP) is 2.12. The number of aromatic hydroxyl groups is 1. The SMILES string of the molecule is Oc1c(F)cccc1CNc1ccc(-n2cnnn2)cc1. The van der Waals surface area contributed by atoms with Gasteiger partial charge in [-0.2, -0.15) is 0 Å². The predicted molar refractivity (Wildman–Crippen MR) is 74.5 cm³/mol. The topological polar surface area (TPSA) is 75.9 Å². The molecule has 2 N–H and O–H groups in total. The summed E-state index contributed by atoms with van der Waals surface area (Å²) in [5, 5.41) is 23.6. The number of nitrogens with one attached hydrogen (secondary N) is 1. The number of para-hydroxylation sites is 1. The van der Waals surface area contributed by atoms with Crippen molar-refractivity contribution >= 4 is 5.69 Å². The van der Waals surface area contributed by atoms with Crippen LogP contribution in [-0.4, -0.2) is 25.3 Å². The van der Waals surface area contributed by atoms with Gasteiger partial charge in [0.2, 0.25) is 0 Å². The molecule has 2 aromatic carbocycles. The molecular weight excluding hydrogens is 273 g/mol. The molecule has 0 bridgehead atoms. The average Bonchev–Trinajstić information content (AvgIpc) is 3.04. The van der Waals surface area contributed by atoms with Crippen LogP contribution in [0.15, 0.2) is 48.8 Å². The van der Waals surface area contributed by atoms with Gasteiger partial charge < -0.3 is 10.4 Å². The van der Waals surface area contributed by atoms with Crippen LogP contribution in [0.5, 0.6) is 5.75 Å². The van der Waals surface area contributed by atoms with Crippen LogP contribution in [0.25, 0.3) is 5.69 Å². The zero-order valence-corrected chi connectivity index (χ0v) is 10.9. The monoisotopic (exact) mass is 285 g/mol. The van der Waals surface area contributed by atoms with E-state index >= 15 is 0 Å². The first kappa shape index (κ1) is 13.0. The summed E-state index contributed by atoms with van der Waals surface area (Å²) in [6.45, 7) is 0.327. The van der Waals surface area contributed by atoms with Crippen LogP contribution in [0.4, 0.5) is 10.1 Å². The van der Waals surface area contributed by atoms with Gasteiger partial charge in [-0.1, -0.05) is 12.1 Å². The summed E-state index contributed by atoms with van der Waals surface area (Å²) in [5.41, 5.74) is 2.18. The van der Waals surface area contributed by atoms with Crippen LogP contribution >= 0.6 is 0 Å². The second kappa shape index (κ2) is 5.58. The second-order valence-corrected chi connectivity index (χ2v) is 4.40. The Morgan fingerprint density at radius 1 is 1.14 bits per heavy atom. The number of halogens is 1. The summed E-state index contributed by atoms with van der Waals surface area (Å²) >= 11 is 0. The Hall–Kier alpha value is -2.96. The molecule has 0 amide bonds. The second-order valence-electron chi connectivity index (χ2n) is 4.40. The maximum atomic E-state index is 13.2. The van der Waals surface area contributed by atoms with Crippen LogP contribution in [0.2, 0.25) is 0 Å². The maximum absolute atomic E-state index is 13.2. The highest BCUT2D eigenvalue weighted by Crippen LogP contribution is 2.22. The largest absolute Gasteiger partial charge is 0.505 e. The van der Waals surface area contributed by atoms with Crippen LogP contribution in [0.3, 0.4) is 0 Å². The molecular formula is C14H12FN5O. The third kappa shape index (κ3) is 2.81. The summed E-state index contributed by atoms with van der Waals surface area (Å²) in [5.74, 6) is -0.946. The zero-order chi connectivity index (χ0) is 14.7. The average molecular weight is 285 g/mol. The molecule has 21 heavy (non-hydrogen) atoms. The number of rotatable bonds is 4. The number of phenols is 1. The van der Waals surface area contributed by atoms with E-state index in [0.717, 1.165) is 11.4 Å². The van der Waals surface area contributed by atoms with Gasteiger partial charge in [0, 0.05) is 17.8 Å². The smallest absolute Gasteiger partial charge is 0.165 e. The van der Waals surface area contributed by atoms with Crippen molar-refractivity contribution < 1.29 is 9.50 Å². The summed E-state index contributed by atoms with van der Waals surface area (Å²) < 4.78 is 14.8. The molecule has 0 fully saturated rings. The molecule has 0 aliphatic carbocycles. The van der Waals surface area contributed by atoms with Gasteiger partial charge in [0.15, 0.2) is 11.6 Å². The maximum Gasteiger partial charge on any atom is 0.165 e. The molecule has 1 aromatic heterocycles. The lowest BCUT2D eigenvalue weighted by Gasteiger charge is -2.09. The molecule has 0 unspecified atom stereocenters. The molecule has 0 saturated heterocycles. The molecule has 0 saturated carbocycles. The molecule has 0 atom stereocenters. The molecule has 3 rings (SSSR count). The third-order valence-corrected chi connectivity index (χ3v) is 3.03. The van der Waals surface area contributed by atoms with Gasteiger partial charge in [-0.05, 0) is 40.8 Å². The highest BCUT2D eigenvalue weighted by molar-refractivity contribution is 5.49. The lowest BCUT2D eigenvalue weighted by molar-refractivity contribution is 0.427. The number of tetrazole rings is 1. The number of aromatic nitrogens is 4. The van der Waals surface area contributed by atoms with Crippen LogP contribution < -0.4 is 5.32 Å². The summed E-state index contributed by atoms with van der Waals surface area (Å²) in [6, 6.07) is 11.9. The van der Waals surface area contributed by atoms with E-state index in [-0.39, 0.29) is 5.75 Å². The minimum atomic E-state index is -0.622. The van der Waals surface area contributed by atoms with E-state index in [4.69, 9.17) is 0 Å². The van der Waals surface area contributed by atoms with Crippen molar-refractivity contribution in [3.63, 3.8) is 0 Å². The molecule has 0 spiro atoms. The first-order chi connectivity index (χ1) is 10.2. The van der Waals surface area contributed by atoms with Gasteiger partial charge in [0.05, 0.1) is 5.69 Å². The fourth-order valence-electron chi connectivity index (χ4n) is 1.91. The number of phenolic OH excluding ortho intramolecular Hbond substituents is 1. The van der Waals surface area contributed by atoms with Crippen molar-refractivity contribution in [2.24, 2.45) is 0 Å². The van der Waals surface area contributed by atoms with E-state index in [2.05, 4.69) is 20.8 Å². The van der Waals surface area contributed by atoms with Crippen molar-refractivity contribution in [2.75, 3.05) is 5.32 Å². The Labute approximate surface area is 119 Å². The fraction of sp³-hybridized carbons (Fsp3) is 0.0714. The van der Waals surface area contributed by atoms with Crippen molar-refractivity contribution in [3.05, 3.63) is 60.2 Å². The molecule has 7 heteroatoms. The lowest BCUT2D eigenvalue weighted by atomic mass is 10.2. The molecule has 6 nitrogen and oxygen atoms in total. The Bertz CT molecular complexity index is 728. The fourth-order valence-corrected chi connectivity index (χ4v) is 1.91. The number of benzene rings is 2. The highest BCUT2D eigenvalue weighted by Gasteiger charge is 2.06. The molecule has 3 aromatic rings. The Morgan fingerprint density at radius 2 is 1.95 bits per heavy atom. The van der Waals surface area contributed by atoms with Gasteiger partial charge in [-0.15, -0.1) is 5.10 Å². The summed E-state index contributed by atoms with van der Waals surface area (Å²) in [6.07, 6.45) is 1.51. The van der Waals surface area contributed by atoms with Crippen LogP contribution in [0.1, 0.15) is 5.56 Å². The van der Waals surface area contributed by atoms with E-state index in [0.29, 0.717) is 12.1 Å². The van der Waals surface area contributed by atoms with Gasteiger partial charge in [0.1, 0.15) is 6.33 Å². The summed E-state index contributed by atoms with van der Waals surface area (Å²) in [7, 11) is 0. The Morgan fingerprint density at radius 3 is 2.67 bits per heavy atom. The van der Waals surface area contributed by atoms with Crippen molar-refractivity contribution in [3.8, 4) is 11.4 Å². The van der Waals surface area contributed by atoms with Gasteiger partial charge in [-0.3, -0.25) is 0 Å². The number of anilines is 1. The van der Waals surface area contributed by atoms with Crippen molar-refractivity contribution in [1.82, 2.24) is 20.2 Å². The number of hydrogen-bond donors (Lipinski definition) is 2. The van der Waals surface area contributed by atoms with Crippen molar-refractivity contribution in [2.45, 2.75) is 6.54 Å². The molecule has 106 valence electrons. The number of nitrogens with zero attached hydrogens (tertiary/aromatic N) is 4. The van der Waals surface area contributed by atoms with E-state index < -0.39 is 5.82 Å². The van der Waals surface area contributed by atoms with Crippen LogP contribution in [0, 0.1) is 5.82 Å². The minimum absolute atomic E-state index is 0.324. The third-order valence-electron chi connectivity index (χ3n) is 3.03. The molecule has 1 heterocycles. The van der Waals surface area contributed by atoms with Gasteiger partial charge in [-0.25, -0.2) is 9.07 Å². The summed E-state index contributed by atoms with van der Waals surface area (Å²) in [4.78, 5) is 0. The lowest BCUT2D eigenvalue weighted by Crippen LogP contribution is -2.01. The minimum Gasteiger partial charge on any atom is -0.505 e. The first-order valence-electron chi connectivity index (χ1n) is 6.28. The first-order valence-corrected chi connectivity index (χ1v) is 6.28. The molecule has 0 radical (unpaired) electrons. The Balaban J connectivity index is 1.70. The zero-order valence-electron chi connectivity index (χ0n) is 10.9.